The summed E-state index contributed by atoms with van der Waals surface area (Å²) < 4.78 is 1.06. The van der Waals surface area contributed by atoms with Crippen molar-refractivity contribution in [1.82, 2.24) is 10.2 Å². The molecule has 0 unspecified atom stereocenters. The first-order valence-electron chi connectivity index (χ1n) is 4.87. The molecule has 0 atom stereocenters. The van der Waals surface area contributed by atoms with Gasteiger partial charge in [0.2, 0.25) is 0 Å². The minimum atomic E-state index is 0.0666. The molecule has 3 heteroatoms. The molecule has 0 saturated heterocycles. The van der Waals surface area contributed by atoms with Crippen LogP contribution >= 0.6 is 0 Å². The van der Waals surface area contributed by atoms with Crippen LogP contribution in [0.25, 0.3) is 0 Å². The molecule has 1 aromatic heterocycles. The van der Waals surface area contributed by atoms with Crippen LogP contribution in [0.1, 0.15) is 52.9 Å². The Kier molecular flexibility index (Phi) is 2.86. The van der Waals surface area contributed by atoms with Crippen LogP contribution in [-0.4, -0.2) is 10.2 Å². The van der Waals surface area contributed by atoms with Gasteiger partial charge in [-0.1, -0.05) is 0 Å². The molecule has 1 aromatic rings. The van der Waals surface area contributed by atoms with Gasteiger partial charge < -0.3 is 0 Å². The molecule has 0 saturated carbocycles. The molecule has 0 bridgehead atoms. The molecule has 81 valence electrons. The summed E-state index contributed by atoms with van der Waals surface area (Å²) in [5.41, 5.74) is 2.37. The molecule has 0 radical (unpaired) electrons. The normalized spacial score (nSPS) is 13.4. The molecule has 0 spiro atoms. The van der Waals surface area contributed by atoms with Gasteiger partial charge in [0.05, 0.1) is 0 Å². The zero-order valence-electron chi connectivity index (χ0n) is 9.80. The number of hydrogen-bond donors (Lipinski definition) is 1. The van der Waals surface area contributed by atoms with Crippen LogP contribution < -0.4 is 4.46 Å². The van der Waals surface area contributed by atoms with Gasteiger partial charge in [0.25, 0.3) is 0 Å². The number of H-pyrrole nitrogens is 1. The number of rotatable bonds is 0. The van der Waals surface area contributed by atoms with Gasteiger partial charge in [-0.15, -0.1) is 0 Å². The Morgan fingerprint density at radius 2 is 1.50 bits per heavy atom. The van der Waals surface area contributed by atoms with Crippen LogP contribution in [0.2, 0.25) is 0 Å². The standard InChI is InChI=1S/C11H19N2.Fe/c1-10(2,3)8-7-9(13-12-8)11(4,5)6;/h1-6H3,(H,12,13);. The van der Waals surface area contributed by atoms with Gasteiger partial charge >= 0.3 is 94.4 Å². The van der Waals surface area contributed by atoms with Crippen LogP contribution in [0.3, 0.4) is 0 Å². The molecule has 0 aromatic carbocycles. The summed E-state index contributed by atoms with van der Waals surface area (Å²) in [5, 5.41) is 7.47. The van der Waals surface area contributed by atoms with Crippen molar-refractivity contribution >= 4 is 4.46 Å². The van der Waals surface area contributed by atoms with Crippen LogP contribution in [0.5, 0.6) is 0 Å². The zero-order valence-corrected chi connectivity index (χ0v) is 10.9. The van der Waals surface area contributed by atoms with Crippen molar-refractivity contribution < 1.29 is 16.0 Å². The number of nitrogens with one attached hydrogen (secondary N) is 1. The second kappa shape index (κ2) is 3.39. The van der Waals surface area contributed by atoms with Crippen LogP contribution in [0.15, 0.2) is 0 Å². The van der Waals surface area contributed by atoms with E-state index in [-0.39, 0.29) is 10.8 Å². The number of hydrogen-bond acceptors (Lipinski definition) is 1. The van der Waals surface area contributed by atoms with Gasteiger partial charge in [0.15, 0.2) is 0 Å². The monoisotopic (exact) mass is 235 g/mol. The van der Waals surface area contributed by atoms with E-state index in [1.54, 1.807) is 0 Å². The van der Waals surface area contributed by atoms with Crippen LogP contribution in [-0.2, 0) is 26.8 Å². The van der Waals surface area contributed by atoms with E-state index in [9.17, 15) is 0 Å². The maximum absolute atomic E-state index is 4.37. The first-order valence-corrected chi connectivity index (χ1v) is 5.43. The third-order valence-corrected chi connectivity index (χ3v) is 2.69. The van der Waals surface area contributed by atoms with Crippen molar-refractivity contribution in [3.05, 3.63) is 11.4 Å². The summed E-state index contributed by atoms with van der Waals surface area (Å²) in [6.45, 7) is 13.0. The molecule has 1 N–H and O–H groups in total. The van der Waals surface area contributed by atoms with Crippen LogP contribution in [0.4, 0.5) is 0 Å². The molecule has 1 heterocycles. The molecule has 1 rings (SSSR count). The minimum absolute atomic E-state index is 0.0666. The van der Waals surface area contributed by atoms with Gasteiger partial charge in [-0.25, -0.2) is 0 Å². The maximum atomic E-state index is 4.37. The predicted octanol–water partition coefficient (Wildman–Crippen LogP) is 2.18. The molecule has 0 fully saturated rings. The van der Waals surface area contributed by atoms with Crippen LogP contribution in [0, 0.1) is 0 Å². The first kappa shape index (κ1) is 11.8. The quantitative estimate of drug-likeness (QED) is 0.686. The van der Waals surface area contributed by atoms with Gasteiger partial charge in [-0.05, 0) is 0 Å². The van der Waals surface area contributed by atoms with Gasteiger partial charge in [0, 0.05) is 0 Å². The molecule has 14 heavy (non-hydrogen) atoms. The Bertz CT molecular complexity index is 295. The average Bonchev–Trinajstić information content (AvgIpc) is 2.26. The summed E-state index contributed by atoms with van der Waals surface area (Å²) in [7, 11) is 0. The third-order valence-electron chi connectivity index (χ3n) is 2.16. The van der Waals surface area contributed by atoms with Crippen molar-refractivity contribution in [2.75, 3.05) is 0 Å². The average molecular weight is 235 g/mol. The fraction of sp³-hybridized carbons (Fsp3) is 0.727. The van der Waals surface area contributed by atoms with E-state index in [1.807, 2.05) is 0 Å². The molecule has 2 nitrogen and oxygen atoms in total. The third kappa shape index (κ3) is 2.21. The van der Waals surface area contributed by atoms with Crippen molar-refractivity contribution in [2.24, 2.45) is 0 Å². The number of aromatic nitrogens is 2. The molecular weight excluding hydrogens is 216 g/mol. The van der Waals surface area contributed by atoms with Gasteiger partial charge in [-0.3, -0.25) is 0 Å². The number of aromatic amines is 1. The Balaban J connectivity index is 3.23. The van der Waals surface area contributed by atoms with E-state index >= 15 is 0 Å². The molecule has 0 aliphatic rings. The number of nitrogens with zero attached hydrogens (tertiary/aromatic N) is 1. The Labute approximate surface area is 94.7 Å². The second-order valence-electron chi connectivity index (χ2n) is 5.75. The van der Waals surface area contributed by atoms with Crippen molar-refractivity contribution in [3.8, 4) is 0 Å². The van der Waals surface area contributed by atoms with Crippen molar-refractivity contribution in [2.45, 2.75) is 52.4 Å². The van der Waals surface area contributed by atoms with E-state index in [0.29, 0.717) is 0 Å². The predicted molar refractivity (Wildman–Crippen MR) is 55.6 cm³/mol. The fourth-order valence-electron chi connectivity index (χ4n) is 1.30. The van der Waals surface area contributed by atoms with E-state index < -0.39 is 0 Å². The van der Waals surface area contributed by atoms with Gasteiger partial charge in [-0.2, -0.15) is 0 Å². The summed E-state index contributed by atoms with van der Waals surface area (Å²) >= 11 is 4.12. The SMILES string of the molecule is CC(C)(C)c1n[nH]c(C(C)(C)C)[c]1[Fe]. The summed E-state index contributed by atoms with van der Waals surface area (Å²) in [4.78, 5) is 0. The molecule has 0 amide bonds. The van der Waals surface area contributed by atoms with E-state index in [4.69, 9.17) is 0 Å². The van der Waals surface area contributed by atoms with E-state index in [0.717, 1.165) is 15.8 Å². The molecule has 0 aliphatic heterocycles. The second-order valence-corrected chi connectivity index (χ2v) is 6.30. The van der Waals surface area contributed by atoms with E-state index in [2.05, 4.69) is 67.8 Å². The molecule has 0 aliphatic carbocycles. The van der Waals surface area contributed by atoms with Crippen molar-refractivity contribution in [1.29, 1.82) is 0 Å². The topological polar surface area (TPSA) is 28.7 Å². The Morgan fingerprint density at radius 3 is 1.71 bits per heavy atom. The summed E-state index contributed by atoms with van der Waals surface area (Å²) in [5.74, 6) is 0. The summed E-state index contributed by atoms with van der Waals surface area (Å²) in [6.07, 6.45) is 0. The van der Waals surface area contributed by atoms with Crippen molar-refractivity contribution in [3.63, 3.8) is 0 Å². The Hall–Kier alpha value is -0.271. The van der Waals surface area contributed by atoms with E-state index in [1.165, 1.54) is 0 Å². The van der Waals surface area contributed by atoms with Gasteiger partial charge in [0.1, 0.15) is 0 Å². The fourth-order valence-corrected chi connectivity index (χ4v) is 2.25. The first-order chi connectivity index (χ1) is 6.14. The molecular formula is C11H19FeN2. The summed E-state index contributed by atoms with van der Waals surface area (Å²) in [6, 6.07) is 0. The Morgan fingerprint density at radius 1 is 1.00 bits per heavy atom. The zero-order chi connectivity index (χ0) is 11.1.